The molecule has 0 aliphatic carbocycles. The average molecular weight is 331 g/mol. The second-order valence-corrected chi connectivity index (χ2v) is 11.1. The molecule has 0 heterocycles. The molecule has 22 heavy (non-hydrogen) atoms. The van der Waals surface area contributed by atoms with Crippen molar-refractivity contribution in [1.29, 1.82) is 0 Å². The zero-order valence-electron chi connectivity index (χ0n) is 16.5. The molecule has 134 valence electrons. The Morgan fingerprint density at radius 2 is 1.36 bits per heavy atom. The molecule has 0 saturated carbocycles. The topological polar surface area (TPSA) is 18.5 Å². The van der Waals surface area contributed by atoms with Crippen molar-refractivity contribution in [1.82, 2.24) is 0 Å². The van der Waals surface area contributed by atoms with Crippen LogP contribution in [-0.4, -0.2) is 21.8 Å². The lowest BCUT2D eigenvalue weighted by atomic mass is 9.92. The lowest BCUT2D eigenvalue weighted by Crippen LogP contribution is -2.54. The third-order valence-corrected chi connectivity index (χ3v) is 10.3. The van der Waals surface area contributed by atoms with Gasteiger partial charge in [0.15, 0.2) is 0 Å². The molecule has 0 aromatic carbocycles. The fraction of sp³-hybridized carbons (Fsp3) is 1.00. The molecule has 0 bridgehead atoms. The number of rotatable bonds is 14. The van der Waals surface area contributed by atoms with Gasteiger partial charge in [0.05, 0.1) is 0 Å². The highest BCUT2D eigenvalue weighted by Crippen LogP contribution is 2.49. The molecule has 0 aliphatic heterocycles. The summed E-state index contributed by atoms with van der Waals surface area (Å²) in [7, 11) is -2.18. The van der Waals surface area contributed by atoms with Crippen molar-refractivity contribution < 1.29 is 8.85 Å². The summed E-state index contributed by atoms with van der Waals surface area (Å²) in [6.45, 7) is 17.6. The van der Waals surface area contributed by atoms with Gasteiger partial charge in [-0.1, -0.05) is 79.6 Å². The standard InChI is InChI=1S/C19H42O2Si/c1-8-12-13-14-15-17-22(20-10-3,21-11-4)19(6,7)18(5)16-9-2/h18H,8-17H2,1-7H3. The SMILES string of the molecule is CCCCCCC[Si](OCC)(OCC)C(C)(C)C(C)CCC. The van der Waals surface area contributed by atoms with Crippen LogP contribution in [0.1, 0.15) is 93.4 Å². The van der Waals surface area contributed by atoms with Gasteiger partial charge in [-0.15, -0.1) is 0 Å². The van der Waals surface area contributed by atoms with E-state index in [4.69, 9.17) is 8.85 Å². The molecule has 0 N–H and O–H groups in total. The molecule has 0 rings (SSSR count). The maximum absolute atomic E-state index is 6.43. The van der Waals surface area contributed by atoms with E-state index in [0.717, 1.165) is 19.3 Å². The predicted molar refractivity (Wildman–Crippen MR) is 101 cm³/mol. The molecule has 0 aliphatic rings. The summed E-state index contributed by atoms with van der Waals surface area (Å²) < 4.78 is 12.9. The van der Waals surface area contributed by atoms with Crippen LogP contribution < -0.4 is 0 Å². The molecular formula is C19H42O2Si. The van der Waals surface area contributed by atoms with Gasteiger partial charge in [-0.25, -0.2) is 0 Å². The Morgan fingerprint density at radius 1 is 0.818 bits per heavy atom. The van der Waals surface area contributed by atoms with Crippen molar-refractivity contribution in [2.75, 3.05) is 13.2 Å². The van der Waals surface area contributed by atoms with Crippen molar-refractivity contribution in [2.24, 2.45) is 5.92 Å². The van der Waals surface area contributed by atoms with Crippen molar-refractivity contribution in [3.63, 3.8) is 0 Å². The third-order valence-electron chi connectivity index (χ3n) is 5.30. The molecule has 0 radical (unpaired) electrons. The first-order chi connectivity index (χ1) is 10.4. The Balaban J connectivity index is 5.03. The smallest absolute Gasteiger partial charge is 0.344 e. The highest BCUT2D eigenvalue weighted by Gasteiger charge is 2.53. The highest BCUT2D eigenvalue weighted by atomic mass is 28.4. The van der Waals surface area contributed by atoms with Crippen molar-refractivity contribution >= 4 is 8.56 Å². The monoisotopic (exact) mass is 330 g/mol. The molecule has 2 nitrogen and oxygen atoms in total. The van der Waals surface area contributed by atoms with Crippen LogP contribution in [-0.2, 0) is 8.85 Å². The van der Waals surface area contributed by atoms with E-state index < -0.39 is 8.56 Å². The Hall–Kier alpha value is 0.137. The molecular weight excluding hydrogens is 288 g/mol. The van der Waals surface area contributed by atoms with Gasteiger partial charge in [-0.2, -0.15) is 0 Å². The zero-order chi connectivity index (χ0) is 17.1. The van der Waals surface area contributed by atoms with E-state index in [-0.39, 0.29) is 5.04 Å². The molecule has 1 unspecified atom stereocenters. The summed E-state index contributed by atoms with van der Waals surface area (Å²) >= 11 is 0. The quantitative estimate of drug-likeness (QED) is 0.261. The van der Waals surface area contributed by atoms with Gasteiger partial charge in [-0.05, 0) is 25.8 Å². The van der Waals surface area contributed by atoms with E-state index in [1.54, 1.807) is 0 Å². The van der Waals surface area contributed by atoms with Gasteiger partial charge in [-0.3, -0.25) is 0 Å². The first-order valence-electron chi connectivity index (χ1n) is 9.69. The van der Waals surface area contributed by atoms with E-state index in [0.29, 0.717) is 5.92 Å². The van der Waals surface area contributed by atoms with Gasteiger partial charge < -0.3 is 8.85 Å². The van der Waals surface area contributed by atoms with Gasteiger partial charge in [0, 0.05) is 18.3 Å². The minimum atomic E-state index is -2.18. The highest BCUT2D eigenvalue weighted by molar-refractivity contribution is 6.70. The molecule has 0 amide bonds. The van der Waals surface area contributed by atoms with E-state index in [2.05, 4.69) is 48.5 Å². The first-order valence-corrected chi connectivity index (χ1v) is 11.7. The molecule has 0 aromatic heterocycles. The van der Waals surface area contributed by atoms with Crippen molar-refractivity contribution in [3.05, 3.63) is 0 Å². The van der Waals surface area contributed by atoms with E-state index >= 15 is 0 Å². The van der Waals surface area contributed by atoms with Crippen molar-refractivity contribution in [2.45, 2.75) is 104 Å². The van der Waals surface area contributed by atoms with Gasteiger partial charge in [0.1, 0.15) is 0 Å². The minimum absolute atomic E-state index is 0.166. The first kappa shape index (κ1) is 22.1. The molecule has 3 heteroatoms. The lowest BCUT2D eigenvalue weighted by molar-refractivity contribution is 0.139. The number of unbranched alkanes of at least 4 members (excludes halogenated alkanes) is 4. The largest absolute Gasteiger partial charge is 0.394 e. The third kappa shape index (κ3) is 6.33. The summed E-state index contributed by atoms with van der Waals surface area (Å²) in [5, 5.41) is 0.166. The maximum Gasteiger partial charge on any atom is 0.344 e. The normalized spacial score (nSPS) is 14.3. The van der Waals surface area contributed by atoms with Crippen molar-refractivity contribution in [3.8, 4) is 0 Å². The van der Waals surface area contributed by atoms with Gasteiger partial charge >= 0.3 is 8.56 Å². The number of hydrogen-bond donors (Lipinski definition) is 0. The Labute approximate surface area is 141 Å². The van der Waals surface area contributed by atoms with E-state index in [1.807, 2.05) is 0 Å². The number of hydrogen-bond acceptors (Lipinski definition) is 2. The summed E-state index contributed by atoms with van der Waals surface area (Å²) in [5.74, 6) is 0.651. The average Bonchev–Trinajstić information content (AvgIpc) is 2.47. The zero-order valence-corrected chi connectivity index (χ0v) is 17.5. The van der Waals surface area contributed by atoms with Crippen LogP contribution in [0, 0.1) is 5.92 Å². The molecule has 0 saturated heterocycles. The molecule has 1 atom stereocenters. The summed E-state index contributed by atoms with van der Waals surface area (Å²) in [6, 6.07) is 1.15. The van der Waals surface area contributed by atoms with E-state index in [9.17, 15) is 0 Å². The van der Waals surface area contributed by atoms with E-state index in [1.165, 1.54) is 44.9 Å². The second kappa shape index (κ2) is 11.6. The second-order valence-electron chi connectivity index (χ2n) is 7.19. The van der Waals surface area contributed by atoms with Gasteiger partial charge in [0.25, 0.3) is 0 Å². The van der Waals surface area contributed by atoms with Crippen LogP contribution >= 0.6 is 0 Å². The molecule has 0 aromatic rings. The lowest BCUT2D eigenvalue weighted by Gasteiger charge is -2.46. The Morgan fingerprint density at radius 3 is 1.82 bits per heavy atom. The van der Waals surface area contributed by atoms with Crippen LogP contribution in [0.2, 0.25) is 11.1 Å². The fourth-order valence-electron chi connectivity index (χ4n) is 3.48. The maximum atomic E-state index is 6.43. The van der Waals surface area contributed by atoms with Crippen LogP contribution in [0.4, 0.5) is 0 Å². The van der Waals surface area contributed by atoms with Crippen LogP contribution in [0.25, 0.3) is 0 Å². The molecule has 0 spiro atoms. The van der Waals surface area contributed by atoms with Gasteiger partial charge in [0.2, 0.25) is 0 Å². The summed E-state index contributed by atoms with van der Waals surface area (Å²) in [4.78, 5) is 0. The Bertz CT molecular complexity index is 260. The fourth-order valence-corrected chi connectivity index (χ4v) is 7.78. The van der Waals surface area contributed by atoms with Crippen LogP contribution in [0.15, 0.2) is 0 Å². The minimum Gasteiger partial charge on any atom is -0.394 e. The summed E-state index contributed by atoms with van der Waals surface area (Å²) in [6.07, 6.45) is 9.09. The molecule has 0 fully saturated rings. The van der Waals surface area contributed by atoms with Crippen LogP contribution in [0.3, 0.4) is 0 Å². The Kier molecular flexibility index (Phi) is 11.7. The van der Waals surface area contributed by atoms with Crippen LogP contribution in [0.5, 0.6) is 0 Å². The summed E-state index contributed by atoms with van der Waals surface area (Å²) in [5.41, 5.74) is 0. The predicted octanol–water partition coefficient (Wildman–Crippen LogP) is 6.69.